The summed E-state index contributed by atoms with van der Waals surface area (Å²) in [6.07, 6.45) is 6.40. The maximum Gasteiger partial charge on any atom is 0.315 e. The Kier molecular flexibility index (Phi) is 5.16. The van der Waals surface area contributed by atoms with Crippen LogP contribution in [0.2, 0.25) is 0 Å². The van der Waals surface area contributed by atoms with E-state index >= 15 is 0 Å². The van der Waals surface area contributed by atoms with Gasteiger partial charge in [-0.25, -0.2) is 6.57 Å². The van der Waals surface area contributed by atoms with Crippen LogP contribution < -0.4 is 0 Å². The van der Waals surface area contributed by atoms with E-state index in [0.717, 1.165) is 25.7 Å². The van der Waals surface area contributed by atoms with Gasteiger partial charge in [0.15, 0.2) is 6.07 Å². The van der Waals surface area contributed by atoms with E-state index in [4.69, 9.17) is 11.8 Å². The summed E-state index contributed by atoms with van der Waals surface area (Å²) in [4.78, 5) is 14.7. The Morgan fingerprint density at radius 3 is 2.59 bits per heavy atom. The van der Waals surface area contributed by atoms with E-state index in [2.05, 4.69) is 10.9 Å². The number of nitrogens with zero attached hydrogens (tertiary/aromatic N) is 2. The maximum atomic E-state index is 11.1. The predicted molar refractivity (Wildman–Crippen MR) is 66.1 cm³/mol. The summed E-state index contributed by atoms with van der Waals surface area (Å²) in [5, 5.41) is 9.16. The molecule has 0 saturated heterocycles. The summed E-state index contributed by atoms with van der Waals surface area (Å²) in [7, 11) is 0. The molecule has 0 heterocycles. The molecule has 1 aliphatic rings. The minimum atomic E-state index is -0.809. The highest BCUT2D eigenvalue weighted by atomic mass is 16.1. The number of Topliss-reactive ketones (excluding diaryl/α,β-unsaturated/α-hetero) is 1. The van der Waals surface area contributed by atoms with Crippen LogP contribution in [0.5, 0.6) is 0 Å². The van der Waals surface area contributed by atoms with Crippen LogP contribution in [0, 0.1) is 23.8 Å². The van der Waals surface area contributed by atoms with Crippen LogP contribution in [0.15, 0.2) is 0 Å². The number of nitriles is 1. The zero-order valence-electron chi connectivity index (χ0n) is 10.5. The third-order valence-electron chi connectivity index (χ3n) is 3.71. The van der Waals surface area contributed by atoms with Gasteiger partial charge in [0.25, 0.3) is 0 Å². The Hall–Kier alpha value is -1.35. The molecule has 0 radical (unpaired) electrons. The lowest BCUT2D eigenvalue weighted by molar-refractivity contribution is -0.121. The van der Waals surface area contributed by atoms with Gasteiger partial charge in [-0.2, -0.15) is 5.26 Å². The SMILES string of the molecule is [C-]#[N+]C(C#N)(CCC)CCC1CCC(=O)CC1. The molecule has 0 spiro atoms. The molecule has 3 nitrogen and oxygen atoms in total. The molecule has 1 rings (SSSR count). The van der Waals surface area contributed by atoms with E-state index in [1.165, 1.54) is 0 Å². The second-order valence-corrected chi connectivity index (χ2v) is 5.03. The van der Waals surface area contributed by atoms with Crippen LogP contribution >= 0.6 is 0 Å². The molecule has 1 saturated carbocycles. The van der Waals surface area contributed by atoms with Gasteiger partial charge in [-0.15, -0.1) is 0 Å². The molecule has 0 aromatic heterocycles. The maximum absolute atomic E-state index is 11.1. The molecule has 0 aromatic rings. The van der Waals surface area contributed by atoms with Crippen LogP contribution in [0.4, 0.5) is 0 Å². The number of carbonyl (C=O) groups excluding carboxylic acids is 1. The molecule has 1 atom stereocenters. The molecule has 1 aliphatic carbocycles. The van der Waals surface area contributed by atoms with E-state index in [9.17, 15) is 4.79 Å². The first-order valence-electron chi connectivity index (χ1n) is 6.47. The van der Waals surface area contributed by atoms with Crippen molar-refractivity contribution in [2.45, 2.75) is 63.8 Å². The smallest absolute Gasteiger partial charge is 0.300 e. The Bertz CT molecular complexity index is 324. The minimum absolute atomic E-state index is 0.367. The van der Waals surface area contributed by atoms with Crippen LogP contribution in [0.1, 0.15) is 58.3 Å². The highest BCUT2D eigenvalue weighted by molar-refractivity contribution is 5.78. The molecular formula is C14H20N2O. The normalized spacial score (nSPS) is 20.3. The summed E-state index contributed by atoms with van der Waals surface area (Å²) in [6.45, 7) is 9.22. The van der Waals surface area contributed by atoms with Crippen molar-refractivity contribution in [1.82, 2.24) is 0 Å². The highest BCUT2D eigenvalue weighted by Gasteiger charge is 2.36. The second kappa shape index (κ2) is 6.40. The fourth-order valence-electron chi connectivity index (χ4n) is 2.52. The van der Waals surface area contributed by atoms with Gasteiger partial charge in [-0.1, -0.05) is 6.92 Å². The van der Waals surface area contributed by atoms with Crippen LogP contribution in [-0.4, -0.2) is 11.3 Å². The molecule has 17 heavy (non-hydrogen) atoms. The lowest BCUT2D eigenvalue weighted by atomic mass is 9.81. The van der Waals surface area contributed by atoms with Crippen LogP contribution in [0.25, 0.3) is 4.85 Å². The third kappa shape index (κ3) is 3.86. The summed E-state index contributed by atoms with van der Waals surface area (Å²) in [5.41, 5.74) is -0.809. The molecule has 0 bridgehead atoms. The van der Waals surface area contributed by atoms with Crippen molar-refractivity contribution in [2.75, 3.05) is 0 Å². The van der Waals surface area contributed by atoms with Crippen molar-refractivity contribution in [1.29, 1.82) is 5.26 Å². The zero-order chi connectivity index (χ0) is 12.7. The number of hydrogen-bond donors (Lipinski definition) is 0. The van der Waals surface area contributed by atoms with E-state index in [1.54, 1.807) is 0 Å². The van der Waals surface area contributed by atoms with Gasteiger partial charge in [0.05, 0.1) is 0 Å². The van der Waals surface area contributed by atoms with Gasteiger partial charge in [-0.3, -0.25) is 9.64 Å². The van der Waals surface area contributed by atoms with Crippen molar-refractivity contribution in [3.05, 3.63) is 11.4 Å². The molecule has 92 valence electrons. The fraction of sp³-hybridized carbons (Fsp3) is 0.786. The van der Waals surface area contributed by atoms with Gasteiger partial charge >= 0.3 is 5.54 Å². The van der Waals surface area contributed by atoms with E-state index in [0.29, 0.717) is 37.4 Å². The lowest BCUT2D eigenvalue weighted by Gasteiger charge is -2.22. The van der Waals surface area contributed by atoms with Gasteiger partial charge in [0, 0.05) is 25.7 Å². The average Bonchev–Trinajstić information content (AvgIpc) is 2.36. The van der Waals surface area contributed by atoms with Gasteiger partial charge < -0.3 is 0 Å². The highest BCUT2D eigenvalue weighted by Crippen LogP contribution is 2.31. The summed E-state index contributed by atoms with van der Waals surface area (Å²) in [5.74, 6) is 0.908. The lowest BCUT2D eigenvalue weighted by Crippen LogP contribution is -2.24. The Morgan fingerprint density at radius 1 is 1.47 bits per heavy atom. The first-order valence-corrected chi connectivity index (χ1v) is 6.47. The topological polar surface area (TPSA) is 45.2 Å². The van der Waals surface area contributed by atoms with Gasteiger partial charge in [0.2, 0.25) is 0 Å². The van der Waals surface area contributed by atoms with Crippen molar-refractivity contribution < 1.29 is 4.79 Å². The molecule has 0 aliphatic heterocycles. The van der Waals surface area contributed by atoms with Crippen molar-refractivity contribution in [3.63, 3.8) is 0 Å². The fourth-order valence-corrected chi connectivity index (χ4v) is 2.52. The molecule has 1 fully saturated rings. The van der Waals surface area contributed by atoms with Crippen LogP contribution in [0.3, 0.4) is 0 Å². The summed E-state index contributed by atoms with van der Waals surface area (Å²) >= 11 is 0. The third-order valence-corrected chi connectivity index (χ3v) is 3.71. The minimum Gasteiger partial charge on any atom is -0.300 e. The molecule has 0 amide bonds. The number of ketones is 1. The second-order valence-electron chi connectivity index (χ2n) is 5.03. The average molecular weight is 232 g/mol. The summed E-state index contributed by atoms with van der Waals surface area (Å²) < 4.78 is 0. The van der Waals surface area contributed by atoms with E-state index in [-0.39, 0.29) is 0 Å². The standard InChI is InChI=1S/C14H20N2O/c1-3-9-14(11-15,16-2)10-8-12-4-6-13(17)7-5-12/h12H,3-10H2,1H3. The number of hydrogen-bond acceptors (Lipinski definition) is 2. The van der Waals surface area contributed by atoms with E-state index in [1.807, 2.05) is 6.92 Å². The molecule has 1 unspecified atom stereocenters. The van der Waals surface area contributed by atoms with E-state index < -0.39 is 5.54 Å². The predicted octanol–water partition coefficient (Wildman–Crippen LogP) is 3.51. The molecule has 3 heteroatoms. The quantitative estimate of drug-likeness (QED) is 0.681. The van der Waals surface area contributed by atoms with Gasteiger partial charge in [-0.05, 0) is 31.6 Å². The zero-order valence-corrected chi connectivity index (χ0v) is 10.5. The molecule has 0 aromatic carbocycles. The molecule has 0 N–H and O–H groups in total. The Morgan fingerprint density at radius 2 is 2.12 bits per heavy atom. The van der Waals surface area contributed by atoms with Crippen molar-refractivity contribution in [2.24, 2.45) is 5.92 Å². The van der Waals surface area contributed by atoms with Crippen molar-refractivity contribution in [3.8, 4) is 6.07 Å². The largest absolute Gasteiger partial charge is 0.315 e. The first kappa shape index (κ1) is 13.7. The molecular weight excluding hydrogens is 212 g/mol. The first-order chi connectivity index (χ1) is 8.15. The van der Waals surface area contributed by atoms with Crippen LogP contribution in [-0.2, 0) is 4.79 Å². The monoisotopic (exact) mass is 232 g/mol. The van der Waals surface area contributed by atoms with Crippen molar-refractivity contribution >= 4 is 5.78 Å². The number of rotatable bonds is 5. The Labute approximate surface area is 104 Å². The number of carbonyl (C=O) groups is 1. The van der Waals surface area contributed by atoms with Gasteiger partial charge in [0.1, 0.15) is 5.78 Å². The Balaban J connectivity index is 2.45. The summed E-state index contributed by atoms with van der Waals surface area (Å²) in [6, 6.07) is 2.19.